The SMILES string of the molecule is CCCCCC([NH])(CC)CC. The minimum atomic E-state index is -0.116. The van der Waals surface area contributed by atoms with Crippen molar-refractivity contribution in [1.29, 1.82) is 0 Å². The lowest BCUT2D eigenvalue weighted by atomic mass is 9.88. The zero-order chi connectivity index (χ0) is 8.74. The predicted molar refractivity (Wildman–Crippen MR) is 50.6 cm³/mol. The van der Waals surface area contributed by atoms with Crippen LogP contribution in [0.4, 0.5) is 0 Å². The van der Waals surface area contributed by atoms with Crippen LogP contribution in [0.3, 0.4) is 0 Å². The van der Waals surface area contributed by atoms with E-state index in [9.17, 15) is 0 Å². The van der Waals surface area contributed by atoms with Crippen LogP contribution in [0, 0.1) is 0 Å². The van der Waals surface area contributed by atoms with E-state index < -0.39 is 0 Å². The van der Waals surface area contributed by atoms with Crippen molar-refractivity contribution in [1.82, 2.24) is 5.73 Å². The molecule has 0 amide bonds. The van der Waals surface area contributed by atoms with E-state index in [1.807, 2.05) is 0 Å². The van der Waals surface area contributed by atoms with E-state index in [-0.39, 0.29) is 5.54 Å². The third-order valence-corrected chi connectivity index (χ3v) is 2.61. The van der Waals surface area contributed by atoms with E-state index >= 15 is 0 Å². The Morgan fingerprint density at radius 2 is 1.55 bits per heavy atom. The number of hydrogen-bond acceptors (Lipinski definition) is 0. The normalized spacial score (nSPS) is 12.0. The van der Waals surface area contributed by atoms with Gasteiger partial charge in [-0.15, -0.1) is 0 Å². The van der Waals surface area contributed by atoms with Crippen LogP contribution in [-0.2, 0) is 0 Å². The van der Waals surface area contributed by atoms with Crippen LogP contribution in [0.1, 0.15) is 59.3 Å². The van der Waals surface area contributed by atoms with Crippen LogP contribution in [-0.4, -0.2) is 5.54 Å². The largest absolute Gasteiger partial charge is 0.251 e. The lowest BCUT2D eigenvalue weighted by molar-refractivity contribution is 0.339. The van der Waals surface area contributed by atoms with E-state index in [1.54, 1.807) is 0 Å². The molecule has 0 aliphatic carbocycles. The van der Waals surface area contributed by atoms with Crippen molar-refractivity contribution in [3.63, 3.8) is 0 Å². The van der Waals surface area contributed by atoms with Gasteiger partial charge in [-0.25, -0.2) is 0 Å². The van der Waals surface area contributed by atoms with Gasteiger partial charge in [-0.05, 0) is 19.3 Å². The van der Waals surface area contributed by atoms with E-state index in [1.165, 1.54) is 19.3 Å². The second-order valence-corrected chi connectivity index (χ2v) is 3.44. The summed E-state index contributed by atoms with van der Waals surface area (Å²) in [6, 6.07) is 0. The smallest absolute Gasteiger partial charge is 0.0318 e. The fourth-order valence-electron chi connectivity index (χ4n) is 1.32. The van der Waals surface area contributed by atoms with E-state index in [4.69, 9.17) is 5.73 Å². The molecule has 0 fully saturated rings. The van der Waals surface area contributed by atoms with Gasteiger partial charge in [-0.1, -0.05) is 40.0 Å². The maximum atomic E-state index is 8.00. The van der Waals surface area contributed by atoms with Gasteiger partial charge in [0.25, 0.3) is 0 Å². The summed E-state index contributed by atoms with van der Waals surface area (Å²) < 4.78 is 0. The molecule has 0 aliphatic heterocycles. The van der Waals surface area contributed by atoms with Crippen molar-refractivity contribution in [2.75, 3.05) is 0 Å². The molecule has 0 spiro atoms. The van der Waals surface area contributed by atoms with E-state index in [2.05, 4.69) is 20.8 Å². The molecular weight excluding hydrogens is 134 g/mol. The highest BCUT2D eigenvalue weighted by atomic mass is 14.7. The Kier molecular flexibility index (Phi) is 5.57. The molecule has 0 saturated carbocycles. The molecule has 0 atom stereocenters. The van der Waals surface area contributed by atoms with Gasteiger partial charge in [0.1, 0.15) is 0 Å². The fraction of sp³-hybridized carbons (Fsp3) is 1.00. The second kappa shape index (κ2) is 5.59. The maximum Gasteiger partial charge on any atom is 0.0318 e. The summed E-state index contributed by atoms with van der Waals surface area (Å²) in [4.78, 5) is 0. The maximum absolute atomic E-state index is 8.00. The van der Waals surface area contributed by atoms with Crippen molar-refractivity contribution < 1.29 is 0 Å². The lowest BCUT2D eigenvalue weighted by Crippen LogP contribution is -2.28. The topological polar surface area (TPSA) is 23.8 Å². The van der Waals surface area contributed by atoms with E-state index in [0.29, 0.717) is 0 Å². The van der Waals surface area contributed by atoms with Gasteiger partial charge in [0.15, 0.2) is 0 Å². The molecule has 0 saturated heterocycles. The Labute approximate surface area is 71.4 Å². The summed E-state index contributed by atoms with van der Waals surface area (Å²) in [5, 5.41) is 0. The molecule has 0 aliphatic rings. The van der Waals surface area contributed by atoms with Crippen LogP contribution in [0.25, 0.3) is 0 Å². The Morgan fingerprint density at radius 1 is 1.00 bits per heavy atom. The Bertz CT molecular complexity index is 84.9. The van der Waals surface area contributed by atoms with Gasteiger partial charge in [-0.2, -0.15) is 0 Å². The number of rotatable bonds is 6. The monoisotopic (exact) mass is 156 g/mol. The quantitative estimate of drug-likeness (QED) is 0.526. The predicted octanol–water partition coefficient (Wildman–Crippen LogP) is 3.41. The number of unbranched alkanes of at least 4 members (excludes halogenated alkanes) is 2. The molecular formula is C10H22N. The van der Waals surface area contributed by atoms with Crippen LogP contribution in [0.5, 0.6) is 0 Å². The average Bonchev–Trinajstić information content (AvgIpc) is 2.05. The highest BCUT2D eigenvalue weighted by Crippen LogP contribution is 2.21. The summed E-state index contributed by atoms with van der Waals surface area (Å²) in [7, 11) is 0. The summed E-state index contributed by atoms with van der Waals surface area (Å²) in [5.41, 5.74) is 7.88. The van der Waals surface area contributed by atoms with Gasteiger partial charge in [0, 0.05) is 5.54 Å². The minimum absolute atomic E-state index is 0.116. The van der Waals surface area contributed by atoms with Crippen molar-refractivity contribution in [3.05, 3.63) is 0 Å². The van der Waals surface area contributed by atoms with Gasteiger partial charge in [0.05, 0.1) is 0 Å². The van der Waals surface area contributed by atoms with Gasteiger partial charge in [0.2, 0.25) is 0 Å². The Hall–Kier alpha value is -0.0400. The molecule has 1 heteroatoms. The molecule has 0 heterocycles. The zero-order valence-corrected chi connectivity index (χ0v) is 8.24. The first kappa shape index (κ1) is 11.0. The second-order valence-electron chi connectivity index (χ2n) is 3.44. The molecule has 1 N–H and O–H groups in total. The third-order valence-electron chi connectivity index (χ3n) is 2.61. The molecule has 0 aromatic heterocycles. The molecule has 0 rings (SSSR count). The standard InChI is InChI=1S/C10H22N/c1-4-7-8-9-10(11,5-2)6-3/h11H,4-9H2,1-3H3. The minimum Gasteiger partial charge on any atom is -0.251 e. The summed E-state index contributed by atoms with van der Waals surface area (Å²) >= 11 is 0. The Morgan fingerprint density at radius 3 is 1.91 bits per heavy atom. The first-order valence-corrected chi connectivity index (χ1v) is 4.93. The van der Waals surface area contributed by atoms with E-state index in [0.717, 1.165) is 19.3 Å². The van der Waals surface area contributed by atoms with Crippen molar-refractivity contribution in [2.24, 2.45) is 0 Å². The fourth-order valence-corrected chi connectivity index (χ4v) is 1.32. The molecule has 1 nitrogen and oxygen atoms in total. The molecule has 0 unspecified atom stereocenters. The van der Waals surface area contributed by atoms with Crippen LogP contribution >= 0.6 is 0 Å². The molecule has 67 valence electrons. The molecule has 0 aromatic carbocycles. The van der Waals surface area contributed by atoms with Crippen LogP contribution in [0.15, 0.2) is 0 Å². The van der Waals surface area contributed by atoms with Gasteiger partial charge in [-0.3, -0.25) is 5.73 Å². The third kappa shape index (κ3) is 4.41. The average molecular weight is 156 g/mol. The zero-order valence-electron chi connectivity index (χ0n) is 8.24. The summed E-state index contributed by atoms with van der Waals surface area (Å²) in [6.45, 7) is 6.47. The van der Waals surface area contributed by atoms with Crippen molar-refractivity contribution >= 4 is 0 Å². The highest BCUT2D eigenvalue weighted by Gasteiger charge is 2.19. The highest BCUT2D eigenvalue weighted by molar-refractivity contribution is 4.79. The van der Waals surface area contributed by atoms with Crippen LogP contribution in [0.2, 0.25) is 0 Å². The van der Waals surface area contributed by atoms with Gasteiger partial charge < -0.3 is 0 Å². The molecule has 1 radical (unpaired) electrons. The van der Waals surface area contributed by atoms with Crippen molar-refractivity contribution in [3.8, 4) is 0 Å². The van der Waals surface area contributed by atoms with Crippen molar-refractivity contribution in [2.45, 2.75) is 64.8 Å². The molecule has 0 aromatic rings. The van der Waals surface area contributed by atoms with Crippen LogP contribution < -0.4 is 5.73 Å². The summed E-state index contributed by atoms with van der Waals surface area (Å²) in [6.07, 6.45) is 6.90. The summed E-state index contributed by atoms with van der Waals surface area (Å²) in [5.74, 6) is 0. The number of nitrogens with one attached hydrogen (secondary N) is 1. The lowest BCUT2D eigenvalue weighted by Gasteiger charge is -2.24. The number of hydrogen-bond donors (Lipinski definition) is 0. The molecule has 0 bridgehead atoms. The molecule has 11 heavy (non-hydrogen) atoms. The first-order valence-electron chi connectivity index (χ1n) is 4.93. The Balaban J connectivity index is 3.51. The van der Waals surface area contributed by atoms with Gasteiger partial charge >= 0.3 is 0 Å². The first-order chi connectivity index (χ1) is 5.18.